The maximum atomic E-state index is 10.6. The number of rotatable bonds is 4. The molecule has 17 heavy (non-hydrogen) atoms. The van der Waals surface area contributed by atoms with Crippen LogP contribution in [0.2, 0.25) is 0 Å². The second-order valence-electron chi connectivity index (χ2n) is 3.86. The highest BCUT2D eigenvalue weighted by atomic mass is 16.6. The highest BCUT2D eigenvalue weighted by Crippen LogP contribution is 2.48. The number of hydrogen-bond donors (Lipinski definition) is 0. The maximum Gasteiger partial charge on any atom is 0.269 e. The van der Waals surface area contributed by atoms with Gasteiger partial charge in [0, 0.05) is 17.1 Å². The summed E-state index contributed by atoms with van der Waals surface area (Å²) in [4.78, 5) is 30.7. The van der Waals surface area contributed by atoms with Crippen molar-refractivity contribution in [2.24, 2.45) is 5.92 Å². The molecule has 0 unspecified atom stereocenters. The predicted molar refractivity (Wildman–Crippen MR) is 56.2 cm³/mol. The van der Waals surface area contributed by atoms with E-state index < -0.39 is 27.7 Å². The van der Waals surface area contributed by atoms with E-state index in [9.17, 15) is 25.0 Å². The van der Waals surface area contributed by atoms with Gasteiger partial charge in [0.25, 0.3) is 5.69 Å². The van der Waals surface area contributed by atoms with Gasteiger partial charge in [-0.25, -0.2) is 0 Å². The molecule has 7 nitrogen and oxygen atoms in total. The summed E-state index contributed by atoms with van der Waals surface area (Å²) in [7, 11) is 0. The first-order chi connectivity index (χ1) is 8.06. The molecule has 88 valence electrons. The molecule has 1 aromatic carbocycles. The molecule has 7 heteroatoms. The zero-order valence-corrected chi connectivity index (χ0v) is 8.55. The van der Waals surface area contributed by atoms with Gasteiger partial charge in [-0.3, -0.25) is 20.2 Å². The summed E-state index contributed by atoms with van der Waals surface area (Å²) in [6.07, 6.45) is 0.569. The lowest BCUT2D eigenvalue weighted by Gasteiger charge is -1.96. The van der Waals surface area contributed by atoms with Crippen LogP contribution in [0.4, 0.5) is 5.69 Å². The van der Waals surface area contributed by atoms with Gasteiger partial charge in [0.15, 0.2) is 0 Å². The number of aldehydes is 1. The third-order valence-corrected chi connectivity index (χ3v) is 2.93. The molecule has 3 atom stereocenters. The van der Waals surface area contributed by atoms with Crippen molar-refractivity contribution in [3.63, 3.8) is 0 Å². The van der Waals surface area contributed by atoms with E-state index in [2.05, 4.69) is 0 Å². The van der Waals surface area contributed by atoms with Gasteiger partial charge in [0.05, 0.1) is 16.8 Å². The monoisotopic (exact) mass is 236 g/mol. The smallest absolute Gasteiger partial charge is 0.269 e. The van der Waals surface area contributed by atoms with Crippen LogP contribution in [0.3, 0.4) is 0 Å². The molecule has 0 amide bonds. The molecule has 0 N–H and O–H groups in total. The van der Waals surface area contributed by atoms with E-state index in [4.69, 9.17) is 0 Å². The molecule has 1 saturated carbocycles. The van der Waals surface area contributed by atoms with Crippen LogP contribution in [0.5, 0.6) is 0 Å². The molecular formula is C10H8N2O5. The summed E-state index contributed by atoms with van der Waals surface area (Å²) < 4.78 is 0. The summed E-state index contributed by atoms with van der Waals surface area (Å²) in [5, 5.41) is 21.1. The molecule has 1 aliphatic carbocycles. The minimum absolute atomic E-state index is 0.0743. The van der Waals surface area contributed by atoms with Crippen LogP contribution >= 0.6 is 0 Å². The first kappa shape index (κ1) is 11.2. The van der Waals surface area contributed by atoms with Crippen molar-refractivity contribution < 1.29 is 14.6 Å². The van der Waals surface area contributed by atoms with Crippen molar-refractivity contribution in [3.8, 4) is 0 Å². The van der Waals surface area contributed by atoms with Gasteiger partial charge in [0.1, 0.15) is 6.29 Å². The molecule has 0 radical (unpaired) electrons. The Labute approximate surface area is 95.4 Å². The summed E-state index contributed by atoms with van der Waals surface area (Å²) in [6.45, 7) is 0. The van der Waals surface area contributed by atoms with Gasteiger partial charge in [-0.15, -0.1) is 0 Å². The molecule has 1 aliphatic rings. The normalized spacial score (nSPS) is 26.2. The Balaban J connectivity index is 2.22. The summed E-state index contributed by atoms with van der Waals surface area (Å²) in [5.74, 6) is -1.07. The molecule has 0 saturated heterocycles. The number of hydrogen-bond acceptors (Lipinski definition) is 5. The van der Waals surface area contributed by atoms with Crippen LogP contribution in [0.25, 0.3) is 0 Å². The van der Waals surface area contributed by atoms with Crippen LogP contribution in [-0.4, -0.2) is 22.2 Å². The summed E-state index contributed by atoms with van der Waals surface area (Å²) in [6, 6.07) is 4.60. The molecule has 2 rings (SSSR count). The molecule has 0 spiro atoms. The van der Waals surface area contributed by atoms with Gasteiger partial charge >= 0.3 is 0 Å². The fourth-order valence-electron chi connectivity index (χ4n) is 1.99. The van der Waals surface area contributed by atoms with Crippen LogP contribution < -0.4 is 0 Å². The molecule has 0 heterocycles. The third-order valence-electron chi connectivity index (χ3n) is 2.93. The lowest BCUT2D eigenvalue weighted by Crippen LogP contribution is -2.05. The Kier molecular flexibility index (Phi) is 2.58. The first-order valence-electron chi connectivity index (χ1n) is 4.89. The zero-order valence-electron chi connectivity index (χ0n) is 8.55. The predicted octanol–water partition coefficient (Wildman–Crippen LogP) is 1.15. The number of benzene rings is 1. The Hall–Kier alpha value is -2.31. The first-order valence-corrected chi connectivity index (χ1v) is 4.89. The van der Waals surface area contributed by atoms with Crippen molar-refractivity contribution in [3.05, 3.63) is 50.1 Å². The Bertz CT molecular complexity index is 484. The van der Waals surface area contributed by atoms with Gasteiger partial charge in [-0.2, -0.15) is 0 Å². The van der Waals surface area contributed by atoms with Crippen molar-refractivity contribution in [1.29, 1.82) is 0 Å². The molecular weight excluding hydrogens is 228 g/mol. The van der Waals surface area contributed by atoms with Crippen molar-refractivity contribution in [2.75, 3.05) is 0 Å². The van der Waals surface area contributed by atoms with Crippen molar-refractivity contribution in [1.82, 2.24) is 0 Å². The van der Waals surface area contributed by atoms with Gasteiger partial charge in [-0.05, 0) is 5.56 Å². The van der Waals surface area contributed by atoms with Crippen LogP contribution in [-0.2, 0) is 4.79 Å². The minimum Gasteiger partial charge on any atom is -0.303 e. The van der Waals surface area contributed by atoms with Gasteiger partial charge in [-0.1, -0.05) is 12.1 Å². The number of carbonyl (C=O) groups is 1. The standard InChI is InChI=1S/C10H8N2O5/c13-5-8-9(10(8)12(16)17)6-1-3-7(4-2-6)11(14)15/h1-5,8-10H/t8-,9+,10+/m0/s1. The second kappa shape index (κ2) is 3.93. The highest BCUT2D eigenvalue weighted by Gasteiger charge is 2.61. The maximum absolute atomic E-state index is 10.6. The van der Waals surface area contributed by atoms with E-state index in [1.807, 2.05) is 0 Å². The Morgan fingerprint density at radius 2 is 1.71 bits per heavy atom. The topological polar surface area (TPSA) is 103 Å². The molecule has 1 aromatic rings. The van der Waals surface area contributed by atoms with Crippen LogP contribution in [0.1, 0.15) is 11.5 Å². The van der Waals surface area contributed by atoms with E-state index in [1.165, 1.54) is 24.3 Å². The SMILES string of the molecule is O=C[C@H]1[C@@H](c2ccc([N+](=O)[O-])cc2)[C@@H]1[N+](=O)[O-]. The zero-order chi connectivity index (χ0) is 12.6. The van der Waals surface area contributed by atoms with E-state index in [1.54, 1.807) is 0 Å². The number of non-ortho nitro benzene ring substituents is 1. The average Bonchev–Trinajstić information content (AvgIpc) is 3.03. The van der Waals surface area contributed by atoms with Gasteiger partial charge < -0.3 is 4.79 Å². The van der Waals surface area contributed by atoms with Crippen molar-refractivity contribution >= 4 is 12.0 Å². The fourth-order valence-corrected chi connectivity index (χ4v) is 1.99. The van der Waals surface area contributed by atoms with E-state index in [-0.39, 0.29) is 5.69 Å². The molecule has 1 fully saturated rings. The molecule has 0 aliphatic heterocycles. The molecule has 0 aromatic heterocycles. The number of carbonyl (C=O) groups excluding carboxylic acids is 1. The lowest BCUT2D eigenvalue weighted by atomic mass is 10.1. The van der Waals surface area contributed by atoms with E-state index in [0.29, 0.717) is 11.8 Å². The fraction of sp³-hybridized carbons (Fsp3) is 0.300. The number of nitrogens with zero attached hydrogens (tertiary/aromatic N) is 2. The summed E-state index contributed by atoms with van der Waals surface area (Å²) in [5.41, 5.74) is 0.518. The largest absolute Gasteiger partial charge is 0.303 e. The number of nitro groups is 2. The lowest BCUT2D eigenvalue weighted by molar-refractivity contribution is -0.498. The Morgan fingerprint density at radius 3 is 2.06 bits per heavy atom. The molecule has 0 bridgehead atoms. The minimum atomic E-state index is -0.894. The van der Waals surface area contributed by atoms with E-state index >= 15 is 0 Å². The van der Waals surface area contributed by atoms with Crippen LogP contribution in [0.15, 0.2) is 24.3 Å². The highest BCUT2D eigenvalue weighted by molar-refractivity contribution is 5.64. The third kappa shape index (κ3) is 1.86. The van der Waals surface area contributed by atoms with E-state index in [0.717, 1.165) is 0 Å². The second-order valence-corrected chi connectivity index (χ2v) is 3.86. The van der Waals surface area contributed by atoms with Gasteiger partial charge in [0.2, 0.25) is 6.04 Å². The quantitative estimate of drug-likeness (QED) is 0.443. The Morgan fingerprint density at radius 1 is 1.12 bits per heavy atom. The van der Waals surface area contributed by atoms with Crippen LogP contribution in [0, 0.1) is 26.1 Å². The number of nitro benzene ring substituents is 1. The van der Waals surface area contributed by atoms with Crippen molar-refractivity contribution in [2.45, 2.75) is 12.0 Å². The summed E-state index contributed by atoms with van der Waals surface area (Å²) >= 11 is 0. The average molecular weight is 236 g/mol.